The zero-order chi connectivity index (χ0) is 7.98. The molecular formula is C6H10INO2. The summed E-state index contributed by atoms with van der Waals surface area (Å²) >= 11 is 2.21. The maximum absolute atomic E-state index is 10.6. The third kappa shape index (κ3) is 4.60. The predicted octanol–water partition coefficient (Wildman–Crippen LogP) is 0.827. The minimum Gasteiger partial charge on any atom is -0.461 e. The summed E-state index contributed by atoms with van der Waals surface area (Å²) in [6.07, 6.45) is 0.861. The SMILES string of the molecule is C=C(N)C(=O)OCCCI. The van der Waals surface area contributed by atoms with E-state index in [0.29, 0.717) is 6.61 Å². The molecule has 0 saturated carbocycles. The first-order valence-electron chi connectivity index (χ1n) is 2.86. The van der Waals surface area contributed by atoms with Gasteiger partial charge < -0.3 is 10.5 Å². The van der Waals surface area contributed by atoms with Crippen LogP contribution in [0.4, 0.5) is 0 Å². The van der Waals surface area contributed by atoms with E-state index in [1.165, 1.54) is 0 Å². The van der Waals surface area contributed by atoms with Crippen LogP contribution in [0.3, 0.4) is 0 Å². The van der Waals surface area contributed by atoms with E-state index in [9.17, 15) is 4.79 Å². The van der Waals surface area contributed by atoms with Gasteiger partial charge in [0.2, 0.25) is 0 Å². The summed E-state index contributed by atoms with van der Waals surface area (Å²) in [6.45, 7) is 3.66. The number of halogens is 1. The van der Waals surface area contributed by atoms with Gasteiger partial charge in [-0.15, -0.1) is 0 Å². The molecule has 0 aliphatic rings. The van der Waals surface area contributed by atoms with Crippen molar-refractivity contribution in [2.24, 2.45) is 5.73 Å². The Morgan fingerprint density at radius 1 is 1.70 bits per heavy atom. The van der Waals surface area contributed by atoms with Crippen molar-refractivity contribution in [3.63, 3.8) is 0 Å². The van der Waals surface area contributed by atoms with E-state index in [-0.39, 0.29) is 5.70 Å². The second-order valence-electron chi connectivity index (χ2n) is 1.70. The number of alkyl halides is 1. The van der Waals surface area contributed by atoms with Gasteiger partial charge in [0.05, 0.1) is 6.61 Å². The highest BCUT2D eigenvalue weighted by Crippen LogP contribution is 1.91. The second kappa shape index (κ2) is 5.52. The number of rotatable bonds is 4. The summed E-state index contributed by atoms with van der Waals surface area (Å²) in [6, 6.07) is 0. The third-order valence-corrected chi connectivity index (χ3v) is 1.54. The Morgan fingerprint density at radius 2 is 2.30 bits per heavy atom. The van der Waals surface area contributed by atoms with Gasteiger partial charge in [0, 0.05) is 4.43 Å². The maximum Gasteiger partial charge on any atom is 0.353 e. The monoisotopic (exact) mass is 255 g/mol. The lowest BCUT2D eigenvalue weighted by Crippen LogP contribution is -2.14. The van der Waals surface area contributed by atoms with Gasteiger partial charge in [-0.1, -0.05) is 29.2 Å². The molecule has 0 aromatic carbocycles. The van der Waals surface area contributed by atoms with Gasteiger partial charge in [0.1, 0.15) is 5.70 Å². The Hall–Kier alpha value is -0.260. The Kier molecular flexibility index (Phi) is 5.38. The van der Waals surface area contributed by atoms with Crippen LogP contribution in [0.15, 0.2) is 12.3 Å². The Morgan fingerprint density at radius 3 is 2.70 bits per heavy atom. The third-order valence-electron chi connectivity index (χ3n) is 0.773. The average molecular weight is 255 g/mol. The summed E-state index contributed by atoms with van der Waals surface area (Å²) in [5.41, 5.74) is 5.01. The molecule has 58 valence electrons. The van der Waals surface area contributed by atoms with E-state index in [2.05, 4.69) is 33.9 Å². The minimum absolute atomic E-state index is 0.0338. The highest BCUT2D eigenvalue weighted by atomic mass is 127. The van der Waals surface area contributed by atoms with Gasteiger partial charge in [0.25, 0.3) is 0 Å². The fourth-order valence-electron chi connectivity index (χ4n) is 0.312. The van der Waals surface area contributed by atoms with Gasteiger partial charge in [-0.3, -0.25) is 0 Å². The van der Waals surface area contributed by atoms with Crippen molar-refractivity contribution in [2.75, 3.05) is 11.0 Å². The molecule has 0 heterocycles. The number of nitrogens with two attached hydrogens (primary N) is 1. The van der Waals surface area contributed by atoms with Gasteiger partial charge in [-0.25, -0.2) is 4.79 Å². The molecule has 0 amide bonds. The number of esters is 1. The molecule has 0 radical (unpaired) electrons. The molecule has 0 aromatic heterocycles. The number of carbonyl (C=O) groups excluding carboxylic acids is 1. The van der Waals surface area contributed by atoms with Crippen molar-refractivity contribution in [1.29, 1.82) is 0 Å². The average Bonchev–Trinajstić information content (AvgIpc) is 1.88. The van der Waals surface area contributed by atoms with E-state index in [1.54, 1.807) is 0 Å². The summed E-state index contributed by atoms with van der Waals surface area (Å²) in [5.74, 6) is -0.509. The fourth-order valence-corrected chi connectivity index (χ4v) is 0.624. The lowest BCUT2D eigenvalue weighted by atomic mass is 10.5. The first kappa shape index (κ1) is 9.74. The number of carbonyl (C=O) groups is 1. The Balaban J connectivity index is 3.31. The molecule has 10 heavy (non-hydrogen) atoms. The standard InChI is InChI=1S/C6H10INO2/c1-5(8)6(9)10-4-2-3-7/h1-4,8H2. The minimum atomic E-state index is -0.509. The van der Waals surface area contributed by atoms with Crippen molar-refractivity contribution >= 4 is 28.6 Å². The van der Waals surface area contributed by atoms with Crippen molar-refractivity contribution in [3.8, 4) is 0 Å². The van der Waals surface area contributed by atoms with Gasteiger partial charge >= 0.3 is 5.97 Å². The predicted molar refractivity (Wildman–Crippen MR) is 47.8 cm³/mol. The van der Waals surface area contributed by atoms with Crippen LogP contribution in [0.25, 0.3) is 0 Å². The summed E-state index contributed by atoms with van der Waals surface area (Å²) in [7, 11) is 0. The van der Waals surface area contributed by atoms with Crippen molar-refractivity contribution in [3.05, 3.63) is 12.3 Å². The van der Waals surface area contributed by atoms with Crippen LogP contribution < -0.4 is 5.73 Å². The molecule has 0 spiro atoms. The van der Waals surface area contributed by atoms with E-state index < -0.39 is 5.97 Å². The van der Waals surface area contributed by atoms with Crippen LogP contribution in [0, 0.1) is 0 Å². The quantitative estimate of drug-likeness (QED) is 0.266. The van der Waals surface area contributed by atoms with Crippen molar-refractivity contribution in [1.82, 2.24) is 0 Å². The smallest absolute Gasteiger partial charge is 0.353 e. The Labute approximate surface area is 73.8 Å². The second-order valence-corrected chi connectivity index (χ2v) is 2.78. The molecule has 0 unspecified atom stereocenters. The molecule has 0 saturated heterocycles. The topological polar surface area (TPSA) is 52.3 Å². The largest absolute Gasteiger partial charge is 0.461 e. The lowest BCUT2D eigenvalue weighted by molar-refractivity contribution is -0.139. The van der Waals surface area contributed by atoms with Crippen LogP contribution in [-0.2, 0) is 9.53 Å². The van der Waals surface area contributed by atoms with Crippen LogP contribution in [0.5, 0.6) is 0 Å². The molecule has 0 aliphatic carbocycles. The van der Waals surface area contributed by atoms with E-state index in [0.717, 1.165) is 10.8 Å². The fraction of sp³-hybridized carbons (Fsp3) is 0.500. The Bertz CT molecular complexity index is 136. The summed E-state index contributed by atoms with van der Waals surface area (Å²) in [4.78, 5) is 10.6. The van der Waals surface area contributed by atoms with Gasteiger partial charge in [-0.05, 0) is 6.42 Å². The van der Waals surface area contributed by atoms with Crippen LogP contribution in [0.2, 0.25) is 0 Å². The first-order chi connectivity index (χ1) is 4.68. The van der Waals surface area contributed by atoms with Crippen molar-refractivity contribution in [2.45, 2.75) is 6.42 Å². The molecule has 0 rings (SSSR count). The number of hydrogen-bond acceptors (Lipinski definition) is 3. The molecule has 2 N–H and O–H groups in total. The summed E-state index contributed by atoms with van der Waals surface area (Å²) < 4.78 is 5.65. The number of ether oxygens (including phenoxy) is 1. The first-order valence-corrected chi connectivity index (χ1v) is 4.38. The zero-order valence-electron chi connectivity index (χ0n) is 5.60. The van der Waals surface area contributed by atoms with Crippen molar-refractivity contribution < 1.29 is 9.53 Å². The highest BCUT2D eigenvalue weighted by molar-refractivity contribution is 14.1. The molecule has 3 nitrogen and oxygen atoms in total. The maximum atomic E-state index is 10.6. The summed E-state index contributed by atoms with van der Waals surface area (Å²) in [5, 5.41) is 0. The van der Waals surface area contributed by atoms with E-state index >= 15 is 0 Å². The molecular weight excluding hydrogens is 245 g/mol. The number of hydrogen-bond donors (Lipinski definition) is 1. The van der Waals surface area contributed by atoms with Gasteiger partial charge in [0.15, 0.2) is 0 Å². The molecule has 0 bridgehead atoms. The highest BCUT2D eigenvalue weighted by Gasteiger charge is 2.01. The molecule has 0 aromatic rings. The van der Waals surface area contributed by atoms with Gasteiger partial charge in [-0.2, -0.15) is 0 Å². The zero-order valence-corrected chi connectivity index (χ0v) is 7.76. The van der Waals surface area contributed by atoms with E-state index in [4.69, 9.17) is 5.73 Å². The molecule has 0 atom stereocenters. The molecule has 0 aliphatic heterocycles. The molecule has 4 heteroatoms. The van der Waals surface area contributed by atoms with Crippen LogP contribution in [0.1, 0.15) is 6.42 Å². The lowest BCUT2D eigenvalue weighted by Gasteiger charge is -2.00. The van der Waals surface area contributed by atoms with Crippen LogP contribution >= 0.6 is 22.6 Å². The normalized spacial score (nSPS) is 8.90. The van der Waals surface area contributed by atoms with E-state index in [1.807, 2.05) is 0 Å². The molecule has 0 fully saturated rings. The van der Waals surface area contributed by atoms with Crippen LogP contribution in [-0.4, -0.2) is 17.0 Å².